The zero-order valence-electron chi connectivity index (χ0n) is 13.6. The molecule has 0 unspecified atom stereocenters. The summed E-state index contributed by atoms with van der Waals surface area (Å²) < 4.78 is 23.1. The van der Waals surface area contributed by atoms with Crippen molar-refractivity contribution in [3.63, 3.8) is 0 Å². The van der Waals surface area contributed by atoms with E-state index in [1.807, 2.05) is 23.1 Å². The lowest BCUT2D eigenvalue weighted by Crippen LogP contribution is -2.40. The molecule has 0 saturated carbocycles. The van der Waals surface area contributed by atoms with Crippen LogP contribution in [0.25, 0.3) is 0 Å². The number of nitrogens with one attached hydrogen (secondary N) is 1. The number of hydrogen-bond donors (Lipinski definition) is 2. The third kappa shape index (κ3) is 4.56. The highest BCUT2D eigenvalue weighted by atomic mass is 32.2. The molecular weight excluding hydrogens is 360 g/mol. The highest BCUT2D eigenvalue weighted by molar-refractivity contribution is 7.91. The Morgan fingerprint density at radius 3 is 2.80 bits per heavy atom. The van der Waals surface area contributed by atoms with Crippen molar-refractivity contribution in [3.8, 4) is 0 Å². The van der Waals surface area contributed by atoms with Gasteiger partial charge in [0.05, 0.1) is 16.5 Å². The number of carbonyl (C=O) groups is 1. The second-order valence-electron chi connectivity index (χ2n) is 5.81. The van der Waals surface area contributed by atoms with E-state index >= 15 is 0 Å². The molecule has 1 aromatic heterocycles. The van der Waals surface area contributed by atoms with Crippen molar-refractivity contribution in [1.82, 2.24) is 4.98 Å². The van der Waals surface area contributed by atoms with E-state index in [1.165, 1.54) is 11.3 Å². The maximum absolute atomic E-state index is 12.3. The van der Waals surface area contributed by atoms with Crippen LogP contribution >= 0.6 is 11.3 Å². The molecule has 1 saturated heterocycles. The summed E-state index contributed by atoms with van der Waals surface area (Å²) in [5.74, 6) is 0.0523. The lowest BCUT2D eigenvalue weighted by atomic mass is 10.2. The molecule has 9 heteroatoms. The van der Waals surface area contributed by atoms with E-state index in [0.29, 0.717) is 37.4 Å². The number of nitrogens with zero attached hydrogens (tertiary/aromatic N) is 2. The molecule has 3 rings (SSSR count). The summed E-state index contributed by atoms with van der Waals surface area (Å²) in [4.78, 5) is 18.6. The average Bonchev–Trinajstić information content (AvgIpc) is 3.04. The first kappa shape index (κ1) is 17.8. The van der Waals surface area contributed by atoms with Gasteiger partial charge < -0.3 is 16.0 Å². The van der Waals surface area contributed by atoms with Gasteiger partial charge in [-0.2, -0.15) is 0 Å². The van der Waals surface area contributed by atoms with Crippen LogP contribution in [0, 0.1) is 0 Å². The summed E-state index contributed by atoms with van der Waals surface area (Å²) in [5, 5.41) is 5.40. The van der Waals surface area contributed by atoms with Gasteiger partial charge in [0, 0.05) is 36.3 Å². The number of nitrogens with two attached hydrogens (primary N) is 1. The summed E-state index contributed by atoms with van der Waals surface area (Å²) in [6, 6.07) is 7.41. The van der Waals surface area contributed by atoms with E-state index in [0.717, 1.165) is 10.7 Å². The second-order valence-corrected chi connectivity index (χ2v) is 9.05. The minimum atomic E-state index is -2.92. The molecule has 2 aromatic rings. The predicted molar refractivity (Wildman–Crippen MR) is 100 cm³/mol. The molecular formula is C16H20N4O3S2. The van der Waals surface area contributed by atoms with Crippen LogP contribution in [0.2, 0.25) is 0 Å². The summed E-state index contributed by atoms with van der Waals surface area (Å²) in [6.45, 7) is 1.44. The van der Waals surface area contributed by atoms with Crippen molar-refractivity contribution in [3.05, 3.63) is 40.3 Å². The Labute approximate surface area is 150 Å². The molecule has 25 heavy (non-hydrogen) atoms. The molecule has 1 aliphatic rings. The quantitative estimate of drug-likeness (QED) is 0.806. The molecule has 134 valence electrons. The van der Waals surface area contributed by atoms with Gasteiger partial charge in [-0.3, -0.25) is 4.79 Å². The highest BCUT2D eigenvalue weighted by Crippen LogP contribution is 2.22. The summed E-state index contributed by atoms with van der Waals surface area (Å²) in [6.07, 6.45) is 0.658. The lowest BCUT2D eigenvalue weighted by molar-refractivity contribution is 0.102. The Morgan fingerprint density at radius 2 is 2.08 bits per heavy atom. The van der Waals surface area contributed by atoms with Crippen molar-refractivity contribution >= 4 is 38.5 Å². The normalized spacial score (nSPS) is 16.6. The van der Waals surface area contributed by atoms with E-state index in [1.54, 1.807) is 11.4 Å². The third-order valence-electron chi connectivity index (χ3n) is 3.96. The Kier molecular flexibility index (Phi) is 5.36. The smallest absolute Gasteiger partial charge is 0.275 e. The molecule has 1 aliphatic heterocycles. The van der Waals surface area contributed by atoms with Gasteiger partial charge in [0.15, 0.2) is 9.84 Å². The van der Waals surface area contributed by atoms with Crippen LogP contribution < -0.4 is 16.0 Å². The molecule has 0 spiro atoms. The number of amides is 1. The van der Waals surface area contributed by atoms with Gasteiger partial charge in [0.1, 0.15) is 5.69 Å². The first-order chi connectivity index (χ1) is 12.0. The number of anilines is 2. The maximum Gasteiger partial charge on any atom is 0.275 e. The molecule has 0 radical (unpaired) electrons. The Bertz CT molecular complexity index is 850. The number of thiazole rings is 1. The van der Waals surface area contributed by atoms with Crippen molar-refractivity contribution < 1.29 is 13.2 Å². The van der Waals surface area contributed by atoms with Gasteiger partial charge in [-0.05, 0) is 24.7 Å². The van der Waals surface area contributed by atoms with E-state index in [2.05, 4.69) is 10.3 Å². The monoisotopic (exact) mass is 380 g/mol. The average molecular weight is 380 g/mol. The zero-order valence-corrected chi connectivity index (χ0v) is 15.3. The topological polar surface area (TPSA) is 105 Å². The van der Waals surface area contributed by atoms with Gasteiger partial charge in [0.25, 0.3) is 5.91 Å². The zero-order chi connectivity index (χ0) is 17.9. The summed E-state index contributed by atoms with van der Waals surface area (Å²) >= 11 is 1.42. The SMILES string of the molecule is NCCc1nc(C(=O)Nc2cccc(N3CCS(=O)(=O)CC3)c2)cs1. The number of benzene rings is 1. The minimum absolute atomic E-state index is 0.159. The minimum Gasteiger partial charge on any atom is -0.369 e. The van der Waals surface area contributed by atoms with E-state index in [-0.39, 0.29) is 17.4 Å². The predicted octanol–water partition coefficient (Wildman–Crippen LogP) is 1.13. The standard InChI is InChI=1S/C16H20N4O3S2/c17-5-4-15-19-14(11-24-15)16(21)18-12-2-1-3-13(10-12)20-6-8-25(22,23)9-7-20/h1-3,10-11H,4-9,17H2,(H,18,21). The van der Waals surface area contributed by atoms with Crippen LogP contribution in [0.15, 0.2) is 29.6 Å². The van der Waals surface area contributed by atoms with Crippen molar-refractivity contribution in [2.75, 3.05) is 41.4 Å². The van der Waals surface area contributed by atoms with E-state index in [4.69, 9.17) is 5.73 Å². The molecule has 1 fully saturated rings. The summed E-state index contributed by atoms with van der Waals surface area (Å²) in [5.41, 5.74) is 7.43. The van der Waals surface area contributed by atoms with Crippen LogP contribution in [0.1, 0.15) is 15.5 Å². The lowest BCUT2D eigenvalue weighted by Gasteiger charge is -2.29. The largest absolute Gasteiger partial charge is 0.369 e. The number of sulfone groups is 1. The Balaban J connectivity index is 1.68. The van der Waals surface area contributed by atoms with Crippen LogP contribution in [0.5, 0.6) is 0 Å². The van der Waals surface area contributed by atoms with Crippen molar-refractivity contribution in [1.29, 1.82) is 0 Å². The fourth-order valence-electron chi connectivity index (χ4n) is 2.60. The van der Waals surface area contributed by atoms with Crippen LogP contribution in [-0.4, -0.2) is 50.4 Å². The number of carbonyl (C=O) groups excluding carboxylic acids is 1. The molecule has 0 atom stereocenters. The second kappa shape index (κ2) is 7.51. The van der Waals surface area contributed by atoms with Gasteiger partial charge in [-0.15, -0.1) is 11.3 Å². The molecule has 1 aromatic carbocycles. The number of aromatic nitrogens is 1. The molecule has 0 aliphatic carbocycles. The Morgan fingerprint density at radius 1 is 1.32 bits per heavy atom. The number of hydrogen-bond acceptors (Lipinski definition) is 7. The summed E-state index contributed by atoms with van der Waals surface area (Å²) in [7, 11) is -2.92. The van der Waals surface area contributed by atoms with Gasteiger partial charge in [-0.1, -0.05) is 6.07 Å². The van der Waals surface area contributed by atoms with E-state index < -0.39 is 9.84 Å². The Hall–Kier alpha value is -1.97. The molecule has 3 N–H and O–H groups in total. The molecule has 1 amide bonds. The van der Waals surface area contributed by atoms with Gasteiger partial charge >= 0.3 is 0 Å². The van der Waals surface area contributed by atoms with Gasteiger partial charge in [-0.25, -0.2) is 13.4 Å². The van der Waals surface area contributed by atoms with E-state index in [9.17, 15) is 13.2 Å². The highest BCUT2D eigenvalue weighted by Gasteiger charge is 2.22. The van der Waals surface area contributed by atoms with Gasteiger partial charge in [0.2, 0.25) is 0 Å². The molecule has 0 bridgehead atoms. The first-order valence-electron chi connectivity index (χ1n) is 7.98. The van der Waals surface area contributed by atoms with Crippen molar-refractivity contribution in [2.24, 2.45) is 5.73 Å². The fraction of sp³-hybridized carbons (Fsp3) is 0.375. The first-order valence-corrected chi connectivity index (χ1v) is 10.7. The number of rotatable bonds is 5. The van der Waals surface area contributed by atoms with Crippen LogP contribution in [0.3, 0.4) is 0 Å². The fourth-order valence-corrected chi connectivity index (χ4v) is 4.59. The van der Waals surface area contributed by atoms with Crippen LogP contribution in [-0.2, 0) is 16.3 Å². The van der Waals surface area contributed by atoms with Crippen LogP contribution in [0.4, 0.5) is 11.4 Å². The third-order valence-corrected chi connectivity index (χ3v) is 6.47. The van der Waals surface area contributed by atoms with Crippen molar-refractivity contribution in [2.45, 2.75) is 6.42 Å². The maximum atomic E-state index is 12.3. The molecule has 2 heterocycles. The molecule has 7 nitrogen and oxygen atoms in total.